The van der Waals surface area contributed by atoms with E-state index in [4.69, 9.17) is 5.11 Å². The summed E-state index contributed by atoms with van der Waals surface area (Å²) in [5.41, 5.74) is -0.644. The van der Waals surface area contributed by atoms with Crippen LogP contribution >= 0.6 is 0 Å². The Kier molecular flexibility index (Phi) is 7.28. The highest BCUT2D eigenvalue weighted by Gasteiger charge is 2.32. The summed E-state index contributed by atoms with van der Waals surface area (Å²) in [6, 6.07) is -1.72. The maximum absolute atomic E-state index is 11.7. The number of carbonyl (C=O) groups excluding carboxylic acids is 1. The third-order valence-corrected chi connectivity index (χ3v) is 2.16. The first kappa shape index (κ1) is 17.6. The Labute approximate surface area is 110 Å². The third-order valence-electron chi connectivity index (χ3n) is 2.16. The van der Waals surface area contributed by atoms with E-state index in [-0.39, 0.29) is 13.2 Å². The average molecular weight is 282 g/mol. The number of hydrogen-bond donors (Lipinski definition) is 3. The predicted molar refractivity (Wildman–Crippen MR) is 64.2 cm³/mol. The molecule has 0 aliphatic carbocycles. The number of carboxylic acid groups (broad SMARTS) is 1. The van der Waals surface area contributed by atoms with Crippen LogP contribution in [0.2, 0.25) is 0 Å². The van der Waals surface area contributed by atoms with Gasteiger partial charge in [0.2, 0.25) is 0 Å². The number of aliphatic carboxylic acids is 1. The second kappa shape index (κ2) is 7.88. The van der Waals surface area contributed by atoms with Gasteiger partial charge in [-0.15, -0.1) is 0 Å². The molecule has 2 amide bonds. The van der Waals surface area contributed by atoms with Crippen molar-refractivity contribution in [2.45, 2.75) is 33.2 Å². The number of rotatable bonds is 7. The van der Waals surface area contributed by atoms with Crippen LogP contribution in [0.15, 0.2) is 0 Å². The maximum Gasteiger partial charge on any atom is 0.326 e. The molecule has 0 radical (unpaired) electrons. The smallest absolute Gasteiger partial charge is 0.326 e. The SMILES string of the molecule is CC(C)(C)[C@@H](NC(=O)NCCOCC(F)F)C(=O)O. The summed E-state index contributed by atoms with van der Waals surface area (Å²) in [6.07, 6.45) is -2.55. The zero-order chi connectivity index (χ0) is 15.1. The summed E-state index contributed by atoms with van der Waals surface area (Å²) in [6.45, 7) is 4.30. The molecule has 0 aromatic carbocycles. The van der Waals surface area contributed by atoms with Crippen molar-refractivity contribution in [3.05, 3.63) is 0 Å². The molecule has 6 nitrogen and oxygen atoms in total. The van der Waals surface area contributed by atoms with E-state index in [2.05, 4.69) is 15.4 Å². The minimum atomic E-state index is -2.55. The Morgan fingerprint density at radius 3 is 2.32 bits per heavy atom. The monoisotopic (exact) mass is 282 g/mol. The van der Waals surface area contributed by atoms with Crippen LogP contribution in [-0.4, -0.2) is 49.3 Å². The lowest BCUT2D eigenvalue weighted by molar-refractivity contribution is -0.141. The largest absolute Gasteiger partial charge is 0.480 e. The van der Waals surface area contributed by atoms with Crippen LogP contribution in [0.4, 0.5) is 13.6 Å². The number of halogens is 2. The number of nitrogens with one attached hydrogen (secondary N) is 2. The zero-order valence-corrected chi connectivity index (χ0v) is 11.2. The van der Waals surface area contributed by atoms with Gasteiger partial charge < -0.3 is 20.5 Å². The summed E-state index contributed by atoms with van der Waals surface area (Å²) in [4.78, 5) is 22.4. The van der Waals surface area contributed by atoms with Crippen molar-refractivity contribution in [1.82, 2.24) is 10.6 Å². The second-order valence-electron chi connectivity index (χ2n) is 5.00. The Hall–Kier alpha value is -1.44. The number of amides is 2. The molecule has 1 atom stereocenters. The number of hydrogen-bond acceptors (Lipinski definition) is 3. The van der Waals surface area contributed by atoms with Gasteiger partial charge in [-0.3, -0.25) is 0 Å². The van der Waals surface area contributed by atoms with Gasteiger partial charge in [0.1, 0.15) is 12.6 Å². The van der Waals surface area contributed by atoms with Crippen molar-refractivity contribution in [3.8, 4) is 0 Å². The van der Waals surface area contributed by atoms with Crippen molar-refractivity contribution in [1.29, 1.82) is 0 Å². The van der Waals surface area contributed by atoms with E-state index in [1.807, 2.05) is 0 Å². The van der Waals surface area contributed by atoms with E-state index in [1.54, 1.807) is 20.8 Å². The first-order valence-electron chi connectivity index (χ1n) is 5.77. The lowest BCUT2D eigenvalue weighted by Crippen LogP contribution is -2.52. The first-order chi connectivity index (χ1) is 8.64. The summed E-state index contributed by atoms with van der Waals surface area (Å²) in [5, 5.41) is 13.6. The maximum atomic E-state index is 11.7. The molecule has 0 saturated carbocycles. The van der Waals surface area contributed by atoms with E-state index in [1.165, 1.54) is 0 Å². The quantitative estimate of drug-likeness (QED) is 0.609. The van der Waals surface area contributed by atoms with Crippen molar-refractivity contribution in [2.24, 2.45) is 5.41 Å². The van der Waals surface area contributed by atoms with Gasteiger partial charge in [-0.25, -0.2) is 18.4 Å². The van der Waals surface area contributed by atoms with Crippen LogP contribution < -0.4 is 10.6 Å². The Morgan fingerprint density at radius 1 is 1.32 bits per heavy atom. The average Bonchev–Trinajstić information content (AvgIpc) is 2.23. The molecule has 0 rings (SSSR count). The second-order valence-corrected chi connectivity index (χ2v) is 5.00. The summed E-state index contributed by atoms with van der Waals surface area (Å²) >= 11 is 0. The van der Waals surface area contributed by atoms with Crippen molar-refractivity contribution in [2.75, 3.05) is 19.8 Å². The Balaban J connectivity index is 3.99. The molecule has 0 aromatic heterocycles. The molecule has 0 bridgehead atoms. The minimum absolute atomic E-state index is 0.0229. The molecular weight excluding hydrogens is 262 g/mol. The fourth-order valence-corrected chi connectivity index (χ4v) is 1.24. The molecule has 0 heterocycles. The Morgan fingerprint density at radius 2 is 1.89 bits per heavy atom. The molecule has 8 heteroatoms. The number of carboxylic acids is 1. The third kappa shape index (κ3) is 8.30. The molecule has 19 heavy (non-hydrogen) atoms. The lowest BCUT2D eigenvalue weighted by atomic mass is 9.87. The van der Waals surface area contributed by atoms with Crippen molar-refractivity contribution >= 4 is 12.0 Å². The zero-order valence-electron chi connectivity index (χ0n) is 11.2. The van der Waals surface area contributed by atoms with E-state index >= 15 is 0 Å². The van der Waals surface area contributed by atoms with Crippen LogP contribution in [0.25, 0.3) is 0 Å². The van der Waals surface area contributed by atoms with Gasteiger partial charge in [-0.05, 0) is 5.41 Å². The first-order valence-corrected chi connectivity index (χ1v) is 5.77. The molecule has 0 saturated heterocycles. The molecule has 0 unspecified atom stereocenters. The molecule has 0 aliphatic rings. The van der Waals surface area contributed by atoms with Gasteiger partial charge in [0, 0.05) is 6.54 Å². The highest BCUT2D eigenvalue weighted by Crippen LogP contribution is 2.19. The molecule has 0 spiro atoms. The molecule has 0 fully saturated rings. The topological polar surface area (TPSA) is 87.7 Å². The summed E-state index contributed by atoms with van der Waals surface area (Å²) in [5.74, 6) is -1.14. The number of ether oxygens (including phenoxy) is 1. The predicted octanol–water partition coefficient (Wildman–Crippen LogP) is 1.07. The van der Waals surface area contributed by atoms with Gasteiger partial charge in [0.15, 0.2) is 0 Å². The van der Waals surface area contributed by atoms with Gasteiger partial charge in [-0.2, -0.15) is 0 Å². The van der Waals surface area contributed by atoms with Crippen LogP contribution in [0, 0.1) is 5.41 Å². The molecule has 3 N–H and O–H groups in total. The number of carbonyl (C=O) groups is 2. The fourth-order valence-electron chi connectivity index (χ4n) is 1.24. The number of alkyl halides is 2. The minimum Gasteiger partial charge on any atom is -0.480 e. The summed E-state index contributed by atoms with van der Waals surface area (Å²) < 4.78 is 28.0. The van der Waals surface area contributed by atoms with Crippen LogP contribution in [0.3, 0.4) is 0 Å². The van der Waals surface area contributed by atoms with Gasteiger partial charge in [0.25, 0.3) is 6.43 Å². The standard InChI is InChI=1S/C11H20F2N2O4/c1-11(2,3)8(9(16)17)15-10(18)14-4-5-19-6-7(12)13/h7-8H,4-6H2,1-3H3,(H,16,17)(H2,14,15,18)/t8-/m0/s1. The van der Waals surface area contributed by atoms with Crippen molar-refractivity contribution in [3.63, 3.8) is 0 Å². The highest BCUT2D eigenvalue weighted by atomic mass is 19.3. The Bertz CT molecular complexity index is 306. The van der Waals surface area contributed by atoms with Crippen LogP contribution in [0.5, 0.6) is 0 Å². The van der Waals surface area contributed by atoms with Crippen LogP contribution in [0.1, 0.15) is 20.8 Å². The molecule has 0 aliphatic heterocycles. The lowest BCUT2D eigenvalue weighted by Gasteiger charge is -2.27. The van der Waals surface area contributed by atoms with E-state index in [0.29, 0.717) is 0 Å². The molecular formula is C11H20F2N2O4. The normalized spacial score (nSPS) is 13.2. The number of urea groups is 1. The van der Waals surface area contributed by atoms with E-state index in [9.17, 15) is 18.4 Å². The van der Waals surface area contributed by atoms with E-state index in [0.717, 1.165) is 0 Å². The van der Waals surface area contributed by atoms with Crippen LogP contribution in [-0.2, 0) is 9.53 Å². The molecule has 112 valence electrons. The summed E-state index contributed by atoms with van der Waals surface area (Å²) in [7, 11) is 0. The van der Waals surface area contributed by atoms with Gasteiger partial charge in [-0.1, -0.05) is 20.8 Å². The van der Waals surface area contributed by atoms with E-state index < -0.39 is 36.5 Å². The van der Waals surface area contributed by atoms with Crippen molar-refractivity contribution < 1.29 is 28.2 Å². The van der Waals surface area contributed by atoms with Gasteiger partial charge in [0.05, 0.1) is 6.61 Å². The van der Waals surface area contributed by atoms with Gasteiger partial charge >= 0.3 is 12.0 Å². The highest BCUT2D eigenvalue weighted by molar-refractivity contribution is 5.83. The molecule has 0 aromatic rings. The fraction of sp³-hybridized carbons (Fsp3) is 0.818.